The fraction of sp³-hybridized carbons (Fsp3) is 0.214. The Hall–Kier alpha value is -3.84. The summed E-state index contributed by atoms with van der Waals surface area (Å²) >= 11 is 0. The molecule has 3 aromatic carbocycles. The quantitative estimate of drug-likeness (QED) is 0.403. The van der Waals surface area contributed by atoms with E-state index in [0.717, 1.165) is 36.1 Å². The Balaban J connectivity index is 1.77. The van der Waals surface area contributed by atoms with E-state index in [2.05, 4.69) is 18.2 Å². The molecular formula is C28H27NO3. The number of rotatable bonds is 9. The number of hydrogen-bond acceptors (Lipinski definition) is 4. The van der Waals surface area contributed by atoms with Crippen LogP contribution in [0.15, 0.2) is 78.9 Å². The lowest BCUT2D eigenvalue weighted by Crippen LogP contribution is -2.05. The van der Waals surface area contributed by atoms with Crippen LogP contribution >= 0.6 is 0 Å². The minimum absolute atomic E-state index is 0.291. The molecule has 4 heteroatoms. The zero-order chi connectivity index (χ0) is 22.8. The number of aryl methyl sites for hydroxylation is 1. The molecule has 3 aromatic rings. The molecule has 0 bridgehead atoms. The first kappa shape index (κ1) is 22.8. The summed E-state index contributed by atoms with van der Waals surface area (Å²) < 4.78 is 10.3. The van der Waals surface area contributed by atoms with Crippen LogP contribution in [0.3, 0.4) is 0 Å². The zero-order valence-corrected chi connectivity index (χ0v) is 18.5. The summed E-state index contributed by atoms with van der Waals surface area (Å²) in [6.45, 7) is 0. The van der Waals surface area contributed by atoms with Crippen molar-refractivity contribution in [2.45, 2.75) is 19.3 Å². The van der Waals surface area contributed by atoms with Crippen molar-refractivity contribution in [3.63, 3.8) is 0 Å². The van der Waals surface area contributed by atoms with Gasteiger partial charge >= 0.3 is 5.97 Å². The van der Waals surface area contributed by atoms with Crippen molar-refractivity contribution in [3.8, 4) is 11.8 Å². The van der Waals surface area contributed by atoms with Crippen molar-refractivity contribution in [1.29, 1.82) is 5.26 Å². The first-order valence-corrected chi connectivity index (χ1v) is 10.6. The highest BCUT2D eigenvalue weighted by Crippen LogP contribution is 2.23. The van der Waals surface area contributed by atoms with E-state index in [0.29, 0.717) is 17.0 Å². The highest BCUT2D eigenvalue weighted by atomic mass is 16.5. The molecule has 0 aliphatic carbocycles. The fourth-order valence-corrected chi connectivity index (χ4v) is 3.61. The molecule has 0 fully saturated rings. The van der Waals surface area contributed by atoms with E-state index in [4.69, 9.17) is 14.7 Å². The van der Waals surface area contributed by atoms with E-state index in [1.165, 1.54) is 12.7 Å². The molecule has 0 aliphatic heterocycles. The Morgan fingerprint density at radius 3 is 2.31 bits per heavy atom. The first-order valence-electron chi connectivity index (χ1n) is 10.6. The Morgan fingerprint density at radius 2 is 1.66 bits per heavy atom. The van der Waals surface area contributed by atoms with Crippen LogP contribution in [0.4, 0.5) is 0 Å². The lowest BCUT2D eigenvalue weighted by Gasteiger charge is -2.14. The van der Waals surface area contributed by atoms with Gasteiger partial charge in [0.1, 0.15) is 5.75 Å². The predicted molar refractivity (Wildman–Crippen MR) is 126 cm³/mol. The smallest absolute Gasteiger partial charge is 0.337 e. The van der Waals surface area contributed by atoms with Crippen LogP contribution in [-0.2, 0) is 17.6 Å². The number of nitriles is 1. The summed E-state index contributed by atoms with van der Waals surface area (Å²) in [6.07, 6.45) is 7.06. The summed E-state index contributed by atoms with van der Waals surface area (Å²) in [5, 5.41) is 9.00. The largest absolute Gasteiger partial charge is 0.496 e. The van der Waals surface area contributed by atoms with Crippen molar-refractivity contribution in [3.05, 3.63) is 107 Å². The van der Waals surface area contributed by atoms with Gasteiger partial charge in [-0.05, 0) is 66.6 Å². The van der Waals surface area contributed by atoms with Gasteiger partial charge in [0.25, 0.3) is 0 Å². The van der Waals surface area contributed by atoms with Crippen LogP contribution in [-0.4, -0.2) is 20.2 Å². The van der Waals surface area contributed by atoms with E-state index in [9.17, 15) is 4.79 Å². The maximum atomic E-state index is 11.7. The SMILES string of the molecule is COC(=O)c1ccc(CC(C=Cc2ccccc2OC)CCc2ccc(C#N)cc2)cc1. The van der Waals surface area contributed by atoms with Gasteiger partial charge in [-0.15, -0.1) is 0 Å². The van der Waals surface area contributed by atoms with E-state index >= 15 is 0 Å². The minimum Gasteiger partial charge on any atom is -0.496 e. The average molecular weight is 426 g/mol. The van der Waals surface area contributed by atoms with Gasteiger partial charge < -0.3 is 9.47 Å². The molecule has 32 heavy (non-hydrogen) atoms. The standard InChI is InChI=1S/C28H27NO3/c1-31-27-6-4-3-5-25(27)16-13-22(10-7-21-8-11-24(20-29)12-9-21)19-23-14-17-26(18-15-23)28(30)32-2/h3-6,8-9,11-18,22H,7,10,19H2,1-2H3. The summed E-state index contributed by atoms with van der Waals surface area (Å²) in [7, 11) is 3.07. The van der Waals surface area contributed by atoms with Crippen LogP contribution < -0.4 is 4.74 Å². The average Bonchev–Trinajstić information content (AvgIpc) is 2.86. The van der Waals surface area contributed by atoms with Crippen LogP contribution in [0.1, 0.15) is 39.0 Å². The highest BCUT2D eigenvalue weighted by molar-refractivity contribution is 5.89. The predicted octanol–water partition coefficient (Wildman–Crippen LogP) is 5.86. The van der Waals surface area contributed by atoms with Gasteiger partial charge in [-0.1, -0.05) is 54.6 Å². The molecular weight excluding hydrogens is 398 g/mol. The number of allylic oxidation sites excluding steroid dienone is 1. The van der Waals surface area contributed by atoms with E-state index in [1.54, 1.807) is 7.11 Å². The van der Waals surface area contributed by atoms with Crippen LogP contribution in [0.5, 0.6) is 5.75 Å². The zero-order valence-electron chi connectivity index (χ0n) is 18.5. The highest BCUT2D eigenvalue weighted by Gasteiger charge is 2.10. The number of benzene rings is 3. The number of nitrogens with zero attached hydrogens (tertiary/aromatic N) is 1. The maximum Gasteiger partial charge on any atom is 0.337 e. The lowest BCUT2D eigenvalue weighted by molar-refractivity contribution is 0.0600. The number of esters is 1. The van der Waals surface area contributed by atoms with E-state index < -0.39 is 0 Å². The third kappa shape index (κ3) is 6.33. The Morgan fingerprint density at radius 1 is 0.969 bits per heavy atom. The van der Waals surface area contributed by atoms with Crippen molar-refractivity contribution < 1.29 is 14.3 Å². The van der Waals surface area contributed by atoms with Crippen LogP contribution in [0.25, 0.3) is 6.08 Å². The van der Waals surface area contributed by atoms with Gasteiger partial charge in [-0.3, -0.25) is 0 Å². The molecule has 0 saturated heterocycles. The maximum absolute atomic E-state index is 11.7. The number of para-hydroxylation sites is 1. The van der Waals surface area contributed by atoms with Crippen LogP contribution in [0.2, 0.25) is 0 Å². The monoisotopic (exact) mass is 425 g/mol. The molecule has 1 unspecified atom stereocenters. The first-order chi connectivity index (χ1) is 15.6. The molecule has 0 N–H and O–H groups in total. The van der Waals surface area contributed by atoms with Gasteiger partial charge in [-0.25, -0.2) is 4.79 Å². The van der Waals surface area contributed by atoms with Gasteiger partial charge in [-0.2, -0.15) is 5.26 Å². The molecule has 0 radical (unpaired) electrons. The molecule has 0 aromatic heterocycles. The Kier molecular flexibility index (Phi) is 8.22. The molecule has 0 aliphatic rings. The molecule has 0 saturated carbocycles. The summed E-state index contributed by atoms with van der Waals surface area (Å²) in [4.78, 5) is 11.7. The molecule has 0 heterocycles. The number of carbonyl (C=O) groups is 1. The Labute approximate surface area is 189 Å². The number of methoxy groups -OCH3 is 2. The molecule has 4 nitrogen and oxygen atoms in total. The molecule has 1 atom stereocenters. The second-order valence-corrected chi connectivity index (χ2v) is 7.60. The van der Waals surface area contributed by atoms with Crippen molar-refractivity contribution in [1.82, 2.24) is 0 Å². The second-order valence-electron chi connectivity index (χ2n) is 7.60. The van der Waals surface area contributed by atoms with Crippen LogP contribution in [0, 0.1) is 17.2 Å². The normalized spacial score (nSPS) is 11.7. The third-order valence-electron chi connectivity index (χ3n) is 5.45. The number of carbonyl (C=O) groups excluding carboxylic acids is 1. The van der Waals surface area contributed by atoms with Gasteiger partial charge in [0.05, 0.1) is 31.4 Å². The van der Waals surface area contributed by atoms with Crippen molar-refractivity contribution in [2.24, 2.45) is 5.92 Å². The van der Waals surface area contributed by atoms with Crippen molar-refractivity contribution in [2.75, 3.05) is 14.2 Å². The van der Waals surface area contributed by atoms with E-state index in [-0.39, 0.29) is 5.97 Å². The minimum atomic E-state index is -0.329. The summed E-state index contributed by atoms with van der Waals surface area (Å²) in [5.41, 5.74) is 4.63. The molecule has 0 spiro atoms. The fourth-order valence-electron chi connectivity index (χ4n) is 3.61. The third-order valence-corrected chi connectivity index (χ3v) is 5.45. The molecule has 162 valence electrons. The second kappa shape index (κ2) is 11.5. The molecule has 0 amide bonds. The molecule has 3 rings (SSSR count). The lowest BCUT2D eigenvalue weighted by atomic mass is 9.91. The van der Waals surface area contributed by atoms with Gasteiger partial charge in [0.2, 0.25) is 0 Å². The van der Waals surface area contributed by atoms with Crippen molar-refractivity contribution >= 4 is 12.0 Å². The number of ether oxygens (including phenoxy) is 2. The summed E-state index contributed by atoms with van der Waals surface area (Å²) in [6, 6.07) is 25.5. The Bertz CT molecular complexity index is 1090. The number of hydrogen-bond donors (Lipinski definition) is 0. The van der Waals surface area contributed by atoms with Gasteiger partial charge in [0, 0.05) is 5.56 Å². The van der Waals surface area contributed by atoms with E-state index in [1.807, 2.05) is 72.8 Å². The summed E-state index contributed by atoms with van der Waals surface area (Å²) in [5.74, 6) is 0.807. The van der Waals surface area contributed by atoms with Gasteiger partial charge in [0.15, 0.2) is 0 Å². The topological polar surface area (TPSA) is 59.3 Å².